The predicted molar refractivity (Wildman–Crippen MR) is 81.8 cm³/mol. The molecule has 1 saturated heterocycles. The molecule has 0 aromatic heterocycles. The Hall–Kier alpha value is -2.02. The summed E-state index contributed by atoms with van der Waals surface area (Å²) < 4.78 is 32.0. The van der Waals surface area contributed by atoms with Gasteiger partial charge < -0.3 is 14.7 Å². The van der Waals surface area contributed by atoms with Gasteiger partial charge in [0.2, 0.25) is 5.91 Å². The highest BCUT2D eigenvalue weighted by Gasteiger charge is 2.48. The van der Waals surface area contributed by atoms with Gasteiger partial charge in [-0.25, -0.2) is 8.78 Å². The highest BCUT2D eigenvalue weighted by atomic mass is 19.1. The molecule has 7 heteroatoms. The molecule has 1 aromatic carbocycles. The van der Waals surface area contributed by atoms with Gasteiger partial charge in [-0.05, 0) is 44.9 Å². The summed E-state index contributed by atoms with van der Waals surface area (Å²) >= 11 is 0. The quantitative estimate of drug-likeness (QED) is 0.853. The minimum atomic E-state index is -1.10. The molecule has 24 heavy (non-hydrogen) atoms. The first kappa shape index (κ1) is 18.3. The molecule has 1 amide bonds. The van der Waals surface area contributed by atoms with E-state index in [1.54, 1.807) is 20.8 Å². The summed E-state index contributed by atoms with van der Waals surface area (Å²) in [5.41, 5.74) is -0.908. The molecule has 0 unspecified atom stereocenters. The molecule has 0 spiro atoms. The minimum absolute atomic E-state index is 0.0705. The van der Waals surface area contributed by atoms with E-state index in [1.807, 2.05) is 0 Å². The summed E-state index contributed by atoms with van der Waals surface area (Å²) in [6, 6.07) is 2.12. The average Bonchev–Trinajstić information content (AvgIpc) is 2.47. The second kappa shape index (κ2) is 6.84. The molecule has 2 atom stereocenters. The minimum Gasteiger partial charge on any atom is -0.465 e. The fraction of sp³-hybridized carbons (Fsp3) is 0.529. The molecule has 0 aliphatic carbocycles. The van der Waals surface area contributed by atoms with Crippen molar-refractivity contribution in [2.45, 2.75) is 39.3 Å². The number of likely N-dealkylation sites (tertiary alicyclic amines) is 1. The number of esters is 1. The predicted octanol–water partition coefficient (Wildman–Crippen LogP) is 2.19. The summed E-state index contributed by atoms with van der Waals surface area (Å²) in [7, 11) is 0. The van der Waals surface area contributed by atoms with Crippen molar-refractivity contribution in [3.8, 4) is 0 Å². The highest BCUT2D eigenvalue weighted by molar-refractivity contribution is 5.87. The summed E-state index contributed by atoms with van der Waals surface area (Å²) in [6.45, 7) is 4.60. The molecule has 1 aliphatic rings. The largest absolute Gasteiger partial charge is 0.465 e. The van der Waals surface area contributed by atoms with Gasteiger partial charge in [0.15, 0.2) is 0 Å². The van der Waals surface area contributed by atoms with Crippen molar-refractivity contribution in [1.29, 1.82) is 0 Å². The maximum Gasteiger partial charge on any atom is 0.325 e. The van der Waals surface area contributed by atoms with Crippen LogP contribution in [0.15, 0.2) is 18.2 Å². The highest BCUT2D eigenvalue weighted by Crippen LogP contribution is 2.40. The molecular formula is C17H21F2NO4. The van der Waals surface area contributed by atoms with E-state index >= 15 is 0 Å². The first-order valence-electron chi connectivity index (χ1n) is 7.77. The van der Waals surface area contributed by atoms with Gasteiger partial charge in [-0.1, -0.05) is 0 Å². The first-order chi connectivity index (χ1) is 11.2. The number of piperidine rings is 1. The summed E-state index contributed by atoms with van der Waals surface area (Å²) in [6.07, 6.45) is -0.930. The zero-order chi connectivity index (χ0) is 18.1. The number of aliphatic hydroxyl groups excluding tert-OH is 1. The number of benzene rings is 1. The van der Waals surface area contributed by atoms with Gasteiger partial charge in [0.05, 0.1) is 24.2 Å². The van der Waals surface area contributed by atoms with Gasteiger partial charge in [0, 0.05) is 6.07 Å². The molecule has 0 radical (unpaired) electrons. The molecule has 0 saturated carbocycles. The van der Waals surface area contributed by atoms with Crippen LogP contribution < -0.4 is 0 Å². The van der Waals surface area contributed by atoms with E-state index < -0.39 is 41.1 Å². The molecule has 5 nitrogen and oxygen atoms in total. The number of hydrogen-bond acceptors (Lipinski definition) is 4. The maximum atomic E-state index is 13.5. The number of ether oxygens (including phenoxy) is 1. The van der Waals surface area contributed by atoms with Gasteiger partial charge in [0.25, 0.3) is 0 Å². The normalized spacial score (nSPS) is 23.2. The van der Waals surface area contributed by atoms with Crippen LogP contribution in [0.5, 0.6) is 0 Å². The molecule has 1 aliphatic heterocycles. The number of carbonyl (C=O) groups is 2. The lowest BCUT2D eigenvalue weighted by atomic mass is 9.76. The van der Waals surface area contributed by atoms with Crippen LogP contribution in [-0.2, 0) is 14.3 Å². The Bertz CT molecular complexity index is 627. The monoisotopic (exact) mass is 341 g/mol. The van der Waals surface area contributed by atoms with Crippen LogP contribution in [-0.4, -0.2) is 41.1 Å². The van der Waals surface area contributed by atoms with Crippen LogP contribution >= 0.6 is 0 Å². The van der Waals surface area contributed by atoms with Gasteiger partial charge >= 0.3 is 5.97 Å². The van der Waals surface area contributed by atoms with Crippen LogP contribution in [0.3, 0.4) is 0 Å². The lowest BCUT2D eigenvalue weighted by molar-refractivity contribution is -0.165. The third kappa shape index (κ3) is 3.56. The fourth-order valence-electron chi connectivity index (χ4n) is 2.90. The zero-order valence-electron chi connectivity index (χ0n) is 13.9. The van der Waals surface area contributed by atoms with Gasteiger partial charge in [-0.2, -0.15) is 0 Å². The van der Waals surface area contributed by atoms with Crippen molar-refractivity contribution in [2.75, 3.05) is 13.2 Å². The van der Waals surface area contributed by atoms with E-state index in [-0.39, 0.29) is 25.1 Å². The Balaban J connectivity index is 2.41. The summed E-state index contributed by atoms with van der Waals surface area (Å²) in [5.74, 6) is -2.65. The Labute approximate surface area is 139 Å². The fourth-order valence-corrected chi connectivity index (χ4v) is 2.90. The third-order valence-corrected chi connectivity index (χ3v) is 4.34. The summed E-state index contributed by atoms with van der Waals surface area (Å²) in [5, 5.41) is 10.3. The Morgan fingerprint density at radius 1 is 1.33 bits per heavy atom. The van der Waals surface area contributed by atoms with Crippen molar-refractivity contribution in [2.24, 2.45) is 5.41 Å². The van der Waals surface area contributed by atoms with E-state index in [0.29, 0.717) is 0 Å². The number of amides is 1. The number of hydrogen-bond donors (Lipinski definition) is 1. The molecule has 1 N–H and O–H groups in total. The Kier molecular flexibility index (Phi) is 5.22. The molecule has 132 valence electrons. The standard InChI is InChI=1S/C17H21F2NO4/c1-4-24-15(22)9-20-13(8-14(21)17(2,3)16(20)23)10-5-11(18)7-12(19)6-10/h5-7,13-14,21H,4,8-9H2,1-3H3/t13-,14-/m1/s1. The third-order valence-electron chi connectivity index (χ3n) is 4.34. The van der Waals surface area contributed by atoms with E-state index in [4.69, 9.17) is 4.74 Å². The molecule has 1 aromatic rings. The van der Waals surface area contributed by atoms with Gasteiger partial charge in [-0.15, -0.1) is 0 Å². The van der Waals surface area contributed by atoms with Crippen LogP contribution in [0.25, 0.3) is 0 Å². The zero-order valence-corrected chi connectivity index (χ0v) is 13.9. The van der Waals surface area contributed by atoms with Crippen molar-refractivity contribution >= 4 is 11.9 Å². The number of aliphatic hydroxyl groups is 1. The topological polar surface area (TPSA) is 66.8 Å². The number of halogens is 2. The van der Waals surface area contributed by atoms with Crippen LogP contribution in [0.2, 0.25) is 0 Å². The van der Waals surface area contributed by atoms with Crippen LogP contribution in [0, 0.1) is 17.0 Å². The van der Waals surface area contributed by atoms with Crippen molar-refractivity contribution < 1.29 is 28.2 Å². The van der Waals surface area contributed by atoms with Crippen LogP contribution in [0.1, 0.15) is 38.8 Å². The van der Waals surface area contributed by atoms with E-state index in [2.05, 4.69) is 0 Å². The average molecular weight is 341 g/mol. The van der Waals surface area contributed by atoms with Gasteiger partial charge in [0.1, 0.15) is 18.2 Å². The number of carbonyl (C=O) groups excluding carboxylic acids is 2. The number of nitrogens with zero attached hydrogens (tertiary/aromatic N) is 1. The van der Waals surface area contributed by atoms with Crippen molar-refractivity contribution in [1.82, 2.24) is 4.90 Å². The second-order valence-corrected chi connectivity index (χ2v) is 6.43. The Morgan fingerprint density at radius 2 is 1.92 bits per heavy atom. The summed E-state index contributed by atoms with van der Waals surface area (Å²) in [4.78, 5) is 25.8. The maximum absolute atomic E-state index is 13.5. The van der Waals surface area contributed by atoms with Crippen molar-refractivity contribution in [3.63, 3.8) is 0 Å². The lowest BCUT2D eigenvalue weighted by Crippen LogP contribution is -2.55. The Morgan fingerprint density at radius 3 is 2.46 bits per heavy atom. The molecule has 1 fully saturated rings. The molecular weight excluding hydrogens is 320 g/mol. The molecule has 1 heterocycles. The smallest absolute Gasteiger partial charge is 0.325 e. The second-order valence-electron chi connectivity index (χ2n) is 6.43. The number of rotatable bonds is 4. The van der Waals surface area contributed by atoms with E-state index in [0.717, 1.165) is 18.2 Å². The van der Waals surface area contributed by atoms with Crippen LogP contribution in [0.4, 0.5) is 8.78 Å². The van der Waals surface area contributed by atoms with E-state index in [9.17, 15) is 23.5 Å². The van der Waals surface area contributed by atoms with E-state index in [1.165, 1.54) is 4.90 Å². The lowest BCUT2D eigenvalue weighted by Gasteiger charge is -2.45. The molecule has 0 bridgehead atoms. The van der Waals surface area contributed by atoms with Crippen molar-refractivity contribution in [3.05, 3.63) is 35.4 Å². The SMILES string of the molecule is CCOC(=O)CN1C(=O)C(C)(C)[C@H](O)C[C@@H]1c1cc(F)cc(F)c1. The van der Waals surface area contributed by atoms with Gasteiger partial charge in [-0.3, -0.25) is 9.59 Å². The first-order valence-corrected chi connectivity index (χ1v) is 7.77. The molecule has 2 rings (SSSR count).